The molecule has 2 amide bonds. The Kier molecular flexibility index (Phi) is 5.31. The summed E-state index contributed by atoms with van der Waals surface area (Å²) in [6.07, 6.45) is 0.795. The molecule has 3 rings (SSSR count). The minimum Gasteiger partial charge on any atom is -0.352 e. The van der Waals surface area contributed by atoms with E-state index in [0.29, 0.717) is 17.0 Å². The molecule has 8 heteroatoms. The lowest BCUT2D eigenvalue weighted by Gasteiger charge is -2.25. The number of benzene rings is 1. The minimum absolute atomic E-state index is 0.0217. The first-order valence-corrected chi connectivity index (χ1v) is 9.58. The summed E-state index contributed by atoms with van der Waals surface area (Å²) < 4.78 is 13.5. The van der Waals surface area contributed by atoms with Crippen molar-refractivity contribution in [1.82, 2.24) is 15.2 Å². The summed E-state index contributed by atoms with van der Waals surface area (Å²) in [7, 11) is 0. The summed E-state index contributed by atoms with van der Waals surface area (Å²) in [5.41, 5.74) is -0.0557. The molecule has 0 spiro atoms. The quantitative estimate of drug-likeness (QED) is 0.855. The van der Waals surface area contributed by atoms with Gasteiger partial charge >= 0.3 is 0 Å². The third-order valence-electron chi connectivity index (χ3n) is 4.48. The van der Waals surface area contributed by atoms with E-state index < -0.39 is 23.3 Å². The number of aromatic nitrogens is 1. The Bertz CT molecular complexity index is 914. The van der Waals surface area contributed by atoms with Crippen LogP contribution in [0.15, 0.2) is 29.1 Å². The molecule has 2 atom stereocenters. The molecule has 26 heavy (non-hydrogen) atoms. The fourth-order valence-corrected chi connectivity index (χ4v) is 4.02. The van der Waals surface area contributed by atoms with Gasteiger partial charge in [0, 0.05) is 23.2 Å². The Hall–Kier alpha value is -2.35. The first kappa shape index (κ1) is 18.4. The Morgan fingerprint density at radius 3 is 2.92 bits per heavy atom. The van der Waals surface area contributed by atoms with E-state index in [9.17, 15) is 18.8 Å². The van der Waals surface area contributed by atoms with Crippen LogP contribution in [0.3, 0.4) is 0 Å². The maximum atomic E-state index is 13.5. The van der Waals surface area contributed by atoms with E-state index in [4.69, 9.17) is 0 Å². The largest absolute Gasteiger partial charge is 0.352 e. The number of carbonyl (C=O) groups is 2. The Balaban J connectivity index is 1.95. The fraction of sp³-hybridized carbons (Fsp3) is 0.389. The van der Waals surface area contributed by atoms with Gasteiger partial charge in [0.15, 0.2) is 0 Å². The molecule has 1 saturated heterocycles. The molecule has 1 fully saturated rings. The number of H-pyrrole nitrogens is 1. The van der Waals surface area contributed by atoms with E-state index in [0.717, 1.165) is 6.42 Å². The van der Waals surface area contributed by atoms with E-state index >= 15 is 0 Å². The van der Waals surface area contributed by atoms with Gasteiger partial charge in [0.25, 0.3) is 5.91 Å². The molecule has 0 bridgehead atoms. The number of halogens is 1. The first-order chi connectivity index (χ1) is 12.4. The van der Waals surface area contributed by atoms with E-state index in [1.165, 1.54) is 40.9 Å². The lowest BCUT2D eigenvalue weighted by atomic mass is 10.1. The zero-order valence-corrected chi connectivity index (χ0v) is 15.4. The lowest BCUT2D eigenvalue weighted by molar-refractivity contribution is -0.125. The monoisotopic (exact) mass is 377 g/mol. The van der Waals surface area contributed by atoms with Gasteiger partial charge < -0.3 is 15.2 Å². The van der Waals surface area contributed by atoms with Crippen molar-refractivity contribution >= 4 is 34.5 Å². The van der Waals surface area contributed by atoms with Crippen LogP contribution in [0.1, 0.15) is 30.6 Å². The maximum absolute atomic E-state index is 13.5. The molecule has 138 valence electrons. The van der Waals surface area contributed by atoms with Crippen LogP contribution in [0.4, 0.5) is 4.39 Å². The smallest absolute Gasteiger partial charge is 0.256 e. The number of nitrogens with zero attached hydrogens (tertiary/aromatic N) is 1. The van der Waals surface area contributed by atoms with E-state index in [1.807, 2.05) is 13.8 Å². The van der Waals surface area contributed by atoms with Crippen molar-refractivity contribution < 1.29 is 14.0 Å². The van der Waals surface area contributed by atoms with Gasteiger partial charge in [-0.25, -0.2) is 4.39 Å². The number of pyridine rings is 1. The van der Waals surface area contributed by atoms with Crippen LogP contribution in [0.5, 0.6) is 0 Å². The summed E-state index contributed by atoms with van der Waals surface area (Å²) in [5.74, 6) is -0.225. The molecule has 1 aromatic carbocycles. The zero-order valence-electron chi connectivity index (χ0n) is 14.5. The van der Waals surface area contributed by atoms with Gasteiger partial charge in [-0.15, -0.1) is 11.8 Å². The molecule has 0 unspecified atom stereocenters. The average Bonchev–Trinajstić information content (AvgIpc) is 3.09. The Morgan fingerprint density at radius 2 is 2.19 bits per heavy atom. The van der Waals surface area contributed by atoms with E-state index in [-0.39, 0.29) is 23.0 Å². The summed E-state index contributed by atoms with van der Waals surface area (Å²) in [5, 5.41) is 3.35. The average molecular weight is 377 g/mol. The summed E-state index contributed by atoms with van der Waals surface area (Å²) >= 11 is 1.49. The number of hydrogen-bond acceptors (Lipinski definition) is 4. The molecule has 2 aromatic rings. The van der Waals surface area contributed by atoms with Crippen LogP contribution in [0.2, 0.25) is 0 Å². The second-order valence-electron chi connectivity index (χ2n) is 6.35. The van der Waals surface area contributed by atoms with Crippen LogP contribution in [-0.4, -0.2) is 45.4 Å². The van der Waals surface area contributed by atoms with Crippen LogP contribution in [0.25, 0.3) is 10.9 Å². The molecule has 2 N–H and O–H groups in total. The van der Waals surface area contributed by atoms with Gasteiger partial charge in [0.05, 0.1) is 17.0 Å². The third kappa shape index (κ3) is 3.60. The highest BCUT2D eigenvalue weighted by Gasteiger charge is 2.36. The van der Waals surface area contributed by atoms with Crippen molar-refractivity contribution in [2.75, 3.05) is 11.6 Å². The number of hydrogen-bond donors (Lipinski definition) is 2. The van der Waals surface area contributed by atoms with Crippen molar-refractivity contribution in [1.29, 1.82) is 0 Å². The van der Waals surface area contributed by atoms with E-state index in [1.54, 1.807) is 0 Å². The van der Waals surface area contributed by atoms with Crippen molar-refractivity contribution in [2.24, 2.45) is 0 Å². The van der Waals surface area contributed by atoms with Crippen LogP contribution in [-0.2, 0) is 4.79 Å². The van der Waals surface area contributed by atoms with Crippen molar-refractivity contribution in [3.05, 3.63) is 46.0 Å². The lowest BCUT2D eigenvalue weighted by Crippen LogP contribution is -2.49. The molecule has 1 aliphatic rings. The van der Waals surface area contributed by atoms with Gasteiger partial charge in [-0.1, -0.05) is 6.92 Å². The molecular formula is C18H20FN3O3S. The summed E-state index contributed by atoms with van der Waals surface area (Å²) in [4.78, 5) is 41.5. The van der Waals surface area contributed by atoms with Gasteiger partial charge in [-0.05, 0) is 31.5 Å². The molecule has 0 radical (unpaired) electrons. The molecule has 1 aliphatic heterocycles. The van der Waals surface area contributed by atoms with Crippen LogP contribution < -0.4 is 10.9 Å². The van der Waals surface area contributed by atoms with Crippen LogP contribution >= 0.6 is 11.8 Å². The van der Waals surface area contributed by atoms with Gasteiger partial charge in [0.2, 0.25) is 11.5 Å². The number of thioether (sulfide) groups is 1. The molecular weight excluding hydrogens is 357 g/mol. The molecule has 2 heterocycles. The topological polar surface area (TPSA) is 82.3 Å². The second-order valence-corrected chi connectivity index (χ2v) is 7.35. The highest BCUT2D eigenvalue weighted by Crippen LogP contribution is 2.26. The number of carbonyl (C=O) groups excluding carboxylic acids is 2. The van der Waals surface area contributed by atoms with Gasteiger partial charge in [0.1, 0.15) is 11.9 Å². The predicted octanol–water partition coefficient (Wildman–Crippen LogP) is 2.10. The summed E-state index contributed by atoms with van der Waals surface area (Å²) in [6, 6.07) is 4.52. The van der Waals surface area contributed by atoms with E-state index in [2.05, 4.69) is 10.3 Å². The van der Waals surface area contributed by atoms with Crippen molar-refractivity contribution in [3.63, 3.8) is 0 Å². The number of fused-ring (bicyclic) bond motifs is 1. The minimum atomic E-state index is -0.587. The summed E-state index contributed by atoms with van der Waals surface area (Å²) in [6.45, 7) is 3.88. The fourth-order valence-electron chi connectivity index (χ4n) is 2.87. The number of nitrogens with one attached hydrogen (secondary N) is 2. The maximum Gasteiger partial charge on any atom is 0.256 e. The normalized spacial score (nSPS) is 18.1. The van der Waals surface area contributed by atoms with Crippen molar-refractivity contribution in [2.45, 2.75) is 32.4 Å². The number of aromatic amines is 1. The zero-order chi connectivity index (χ0) is 18.8. The Labute approximate surface area is 154 Å². The predicted molar refractivity (Wildman–Crippen MR) is 99.7 cm³/mol. The highest BCUT2D eigenvalue weighted by molar-refractivity contribution is 7.99. The molecule has 0 saturated carbocycles. The first-order valence-electron chi connectivity index (χ1n) is 8.42. The number of rotatable bonds is 4. The second kappa shape index (κ2) is 7.49. The third-order valence-corrected chi connectivity index (χ3v) is 5.49. The Morgan fingerprint density at radius 1 is 1.42 bits per heavy atom. The van der Waals surface area contributed by atoms with Gasteiger partial charge in [-0.2, -0.15) is 0 Å². The molecule has 6 nitrogen and oxygen atoms in total. The van der Waals surface area contributed by atoms with Crippen LogP contribution in [0, 0.1) is 5.82 Å². The molecule has 0 aliphatic carbocycles. The number of amides is 2. The van der Waals surface area contributed by atoms with Gasteiger partial charge in [-0.3, -0.25) is 14.4 Å². The SMILES string of the molecule is CC[C@@H](C)NC(=O)[C@H]1CSCN1C(=O)c1cc(=O)[nH]c2cc(F)ccc12. The van der Waals surface area contributed by atoms with Crippen molar-refractivity contribution in [3.8, 4) is 0 Å². The highest BCUT2D eigenvalue weighted by atomic mass is 32.2. The standard InChI is InChI=1S/C18H20FN3O3S/c1-3-10(2)20-17(24)15-8-26-9-22(15)18(25)13-7-16(23)21-14-6-11(19)4-5-12(13)14/h4-7,10,15H,3,8-9H2,1-2H3,(H,20,24)(H,21,23)/t10-,15-/m1/s1. The molecule has 1 aromatic heterocycles.